The van der Waals surface area contributed by atoms with E-state index in [1.807, 2.05) is 48.5 Å². The quantitative estimate of drug-likeness (QED) is 0.150. The summed E-state index contributed by atoms with van der Waals surface area (Å²) in [6, 6.07) is 25.1. The zero-order chi connectivity index (χ0) is 23.8. The number of aromatic nitrogens is 2. The van der Waals surface area contributed by atoms with Gasteiger partial charge in [0.2, 0.25) is 5.91 Å². The van der Waals surface area contributed by atoms with Gasteiger partial charge in [-0.1, -0.05) is 67.4 Å². The second kappa shape index (κ2) is 11.2. The molecular formula is C27H28N4O3. The van der Waals surface area contributed by atoms with Crippen molar-refractivity contribution in [2.24, 2.45) is 0 Å². The number of hydrogen-bond donors (Lipinski definition) is 4. The number of amides is 2. The van der Waals surface area contributed by atoms with E-state index in [1.54, 1.807) is 17.6 Å². The third-order valence-electron chi connectivity index (χ3n) is 5.80. The summed E-state index contributed by atoms with van der Waals surface area (Å²) in [5.41, 5.74) is 6.22. The van der Waals surface area contributed by atoms with E-state index < -0.39 is 0 Å². The van der Waals surface area contributed by atoms with E-state index in [2.05, 4.69) is 28.5 Å². The molecule has 0 fully saturated rings. The largest absolute Gasteiger partial charge is 0.342 e. The van der Waals surface area contributed by atoms with Gasteiger partial charge in [0.05, 0.1) is 17.1 Å². The monoisotopic (exact) mass is 456 g/mol. The Morgan fingerprint density at radius 2 is 1.62 bits per heavy atom. The summed E-state index contributed by atoms with van der Waals surface area (Å²) < 4.78 is 0. The van der Waals surface area contributed by atoms with E-state index in [4.69, 9.17) is 10.2 Å². The van der Waals surface area contributed by atoms with Gasteiger partial charge in [0.15, 0.2) is 0 Å². The van der Waals surface area contributed by atoms with Gasteiger partial charge in [-0.3, -0.25) is 14.8 Å². The highest BCUT2D eigenvalue weighted by Gasteiger charge is 2.19. The number of carbonyl (C=O) groups is 2. The van der Waals surface area contributed by atoms with Crippen LogP contribution in [0.5, 0.6) is 0 Å². The first kappa shape index (κ1) is 23.2. The lowest BCUT2D eigenvalue weighted by Crippen LogP contribution is -2.29. The smallest absolute Gasteiger partial charge is 0.251 e. The highest BCUT2D eigenvalue weighted by molar-refractivity contribution is 5.94. The maximum atomic E-state index is 12.9. The van der Waals surface area contributed by atoms with Crippen LogP contribution >= 0.6 is 0 Å². The van der Waals surface area contributed by atoms with Gasteiger partial charge in [-0.15, -0.1) is 0 Å². The first-order valence-corrected chi connectivity index (χ1v) is 11.5. The number of nitrogens with one attached hydrogen (secondary N) is 3. The molecule has 0 unspecified atom stereocenters. The van der Waals surface area contributed by atoms with Crippen molar-refractivity contribution < 1.29 is 14.8 Å². The van der Waals surface area contributed by atoms with Crippen molar-refractivity contribution in [1.82, 2.24) is 20.8 Å². The Balaban J connectivity index is 1.52. The minimum atomic E-state index is -0.388. The SMILES string of the molecule is O=C(CCCCC[C@H](NC(=O)c1ccccc1)c1nc2ccc(-c3ccccc3)cc2[nH]1)NO. The van der Waals surface area contributed by atoms with Gasteiger partial charge in [-0.2, -0.15) is 0 Å². The maximum Gasteiger partial charge on any atom is 0.251 e. The summed E-state index contributed by atoms with van der Waals surface area (Å²) in [7, 11) is 0. The van der Waals surface area contributed by atoms with Crippen LogP contribution in [0.2, 0.25) is 0 Å². The van der Waals surface area contributed by atoms with Crippen molar-refractivity contribution in [1.29, 1.82) is 0 Å². The zero-order valence-corrected chi connectivity index (χ0v) is 18.8. The van der Waals surface area contributed by atoms with Crippen molar-refractivity contribution in [2.75, 3.05) is 0 Å². The standard InChI is InChI=1S/C27H28N4O3/c32-25(31-34)15-9-3-8-14-23(30-27(33)20-12-6-2-7-13-20)26-28-22-17-16-21(18-24(22)29-26)19-10-4-1-5-11-19/h1-2,4-7,10-13,16-18,23,34H,3,8-9,14-15H2,(H,28,29)(H,30,33)(H,31,32)/t23-/m0/s1. The van der Waals surface area contributed by atoms with Crippen molar-refractivity contribution >= 4 is 22.8 Å². The number of unbranched alkanes of at least 4 members (excludes halogenated alkanes) is 2. The van der Waals surface area contributed by atoms with Gasteiger partial charge in [0.1, 0.15) is 5.82 Å². The molecule has 0 spiro atoms. The number of fused-ring (bicyclic) bond motifs is 1. The van der Waals surface area contributed by atoms with Gasteiger partial charge in [-0.25, -0.2) is 10.5 Å². The van der Waals surface area contributed by atoms with Crippen LogP contribution < -0.4 is 10.8 Å². The Hall–Kier alpha value is -3.97. The van der Waals surface area contributed by atoms with Crippen LogP contribution in [0, 0.1) is 0 Å². The summed E-state index contributed by atoms with van der Waals surface area (Å²) >= 11 is 0. The van der Waals surface area contributed by atoms with Crippen LogP contribution in [0.15, 0.2) is 78.9 Å². The molecule has 1 aromatic heterocycles. The number of benzene rings is 3. The number of hydrogen-bond acceptors (Lipinski definition) is 4. The molecule has 34 heavy (non-hydrogen) atoms. The number of hydroxylamine groups is 1. The molecule has 7 nitrogen and oxygen atoms in total. The summed E-state index contributed by atoms with van der Waals surface area (Å²) in [5.74, 6) is 0.161. The minimum Gasteiger partial charge on any atom is -0.342 e. The Bertz CT molecular complexity index is 1240. The Morgan fingerprint density at radius 3 is 2.35 bits per heavy atom. The van der Waals surface area contributed by atoms with Crippen LogP contribution in [-0.4, -0.2) is 27.0 Å². The van der Waals surface area contributed by atoms with E-state index in [9.17, 15) is 9.59 Å². The second-order valence-corrected chi connectivity index (χ2v) is 8.25. The van der Waals surface area contributed by atoms with Gasteiger partial charge >= 0.3 is 0 Å². The summed E-state index contributed by atoms with van der Waals surface area (Å²) in [4.78, 5) is 32.3. The summed E-state index contributed by atoms with van der Waals surface area (Å²) in [6.45, 7) is 0. The van der Waals surface area contributed by atoms with E-state index in [-0.39, 0.29) is 24.3 Å². The molecule has 0 aliphatic carbocycles. The Labute approximate surface area is 198 Å². The molecule has 1 atom stereocenters. The molecule has 0 bridgehead atoms. The van der Waals surface area contributed by atoms with Gasteiger partial charge < -0.3 is 10.3 Å². The molecule has 4 rings (SSSR count). The highest BCUT2D eigenvalue weighted by atomic mass is 16.5. The van der Waals surface area contributed by atoms with Crippen molar-refractivity contribution in [3.05, 3.63) is 90.3 Å². The van der Waals surface area contributed by atoms with Crippen molar-refractivity contribution in [3.63, 3.8) is 0 Å². The summed E-state index contributed by atoms with van der Waals surface area (Å²) in [5, 5.41) is 11.8. The predicted octanol–water partition coefficient (Wildman–Crippen LogP) is 5.16. The lowest BCUT2D eigenvalue weighted by Gasteiger charge is -2.17. The molecule has 0 radical (unpaired) electrons. The van der Waals surface area contributed by atoms with Gasteiger partial charge in [0.25, 0.3) is 5.91 Å². The first-order valence-electron chi connectivity index (χ1n) is 11.5. The maximum absolute atomic E-state index is 12.9. The van der Waals surface area contributed by atoms with Crippen LogP contribution in [-0.2, 0) is 4.79 Å². The lowest BCUT2D eigenvalue weighted by atomic mass is 10.1. The normalized spacial score (nSPS) is 11.8. The van der Waals surface area contributed by atoms with Crippen LogP contribution in [0.3, 0.4) is 0 Å². The molecule has 7 heteroatoms. The van der Waals surface area contributed by atoms with E-state index >= 15 is 0 Å². The van der Waals surface area contributed by atoms with Gasteiger partial charge in [0, 0.05) is 12.0 Å². The fourth-order valence-electron chi connectivity index (χ4n) is 3.98. The Morgan fingerprint density at radius 1 is 0.882 bits per heavy atom. The first-order chi connectivity index (χ1) is 16.6. The second-order valence-electron chi connectivity index (χ2n) is 8.25. The zero-order valence-electron chi connectivity index (χ0n) is 18.8. The predicted molar refractivity (Wildman–Crippen MR) is 131 cm³/mol. The molecule has 4 aromatic rings. The highest BCUT2D eigenvalue weighted by Crippen LogP contribution is 2.26. The number of nitrogens with zero attached hydrogens (tertiary/aromatic N) is 1. The van der Waals surface area contributed by atoms with Crippen LogP contribution in [0.1, 0.15) is 54.3 Å². The molecule has 0 aliphatic heterocycles. The molecule has 3 aromatic carbocycles. The number of rotatable bonds is 10. The van der Waals surface area contributed by atoms with E-state index in [1.165, 1.54) is 0 Å². The molecule has 4 N–H and O–H groups in total. The number of H-pyrrole nitrogens is 1. The fraction of sp³-hybridized carbons (Fsp3) is 0.222. The van der Waals surface area contributed by atoms with Crippen molar-refractivity contribution in [2.45, 2.75) is 38.1 Å². The molecule has 1 heterocycles. The van der Waals surface area contributed by atoms with Gasteiger partial charge in [-0.05, 0) is 48.2 Å². The van der Waals surface area contributed by atoms with Crippen LogP contribution in [0.25, 0.3) is 22.2 Å². The number of carbonyl (C=O) groups excluding carboxylic acids is 2. The molecule has 0 saturated heterocycles. The number of imidazole rings is 1. The molecule has 0 saturated carbocycles. The van der Waals surface area contributed by atoms with E-state index in [0.717, 1.165) is 35.0 Å². The average Bonchev–Trinajstić information content (AvgIpc) is 3.32. The molecule has 2 amide bonds. The summed E-state index contributed by atoms with van der Waals surface area (Å²) in [6.07, 6.45) is 3.19. The van der Waals surface area contributed by atoms with Crippen molar-refractivity contribution in [3.8, 4) is 11.1 Å². The Kier molecular flexibility index (Phi) is 7.67. The third-order valence-corrected chi connectivity index (χ3v) is 5.80. The van der Waals surface area contributed by atoms with E-state index in [0.29, 0.717) is 24.2 Å². The topological polar surface area (TPSA) is 107 Å². The minimum absolute atomic E-state index is 0.157. The molecular weight excluding hydrogens is 428 g/mol. The number of aromatic amines is 1. The molecule has 0 aliphatic rings. The fourth-order valence-corrected chi connectivity index (χ4v) is 3.98. The lowest BCUT2D eigenvalue weighted by molar-refractivity contribution is -0.129. The average molecular weight is 457 g/mol. The molecule has 174 valence electrons. The van der Waals surface area contributed by atoms with Crippen LogP contribution in [0.4, 0.5) is 0 Å². The third kappa shape index (κ3) is 5.88.